The summed E-state index contributed by atoms with van der Waals surface area (Å²) < 4.78 is 15.8. The van der Waals surface area contributed by atoms with E-state index in [4.69, 9.17) is 14.0 Å². The number of likely N-dealkylation sites (N-methyl/N-ethyl adjacent to an activating group) is 1. The first-order chi connectivity index (χ1) is 11.0. The van der Waals surface area contributed by atoms with Crippen molar-refractivity contribution in [1.29, 1.82) is 0 Å². The van der Waals surface area contributed by atoms with Gasteiger partial charge < -0.3 is 18.9 Å². The molecule has 0 unspecified atom stereocenters. The van der Waals surface area contributed by atoms with Crippen molar-refractivity contribution in [2.75, 3.05) is 40.4 Å². The van der Waals surface area contributed by atoms with Crippen molar-refractivity contribution in [3.05, 3.63) is 11.7 Å². The SMILES string of the molecule is COCCc1noc(CN(C)C(=O)CN2C[C@@H](C)O[C@@H](C)C2)n1. The second kappa shape index (κ2) is 8.37. The standard InChI is InChI=1S/C15H26N4O4/c1-11-7-19(8-12(2)22-11)10-15(20)18(3)9-14-16-13(17-23-14)5-6-21-4/h11-12H,5-10H2,1-4H3/t11-,12+. The highest BCUT2D eigenvalue weighted by Gasteiger charge is 2.25. The molecule has 1 saturated heterocycles. The van der Waals surface area contributed by atoms with E-state index in [1.807, 2.05) is 13.8 Å². The van der Waals surface area contributed by atoms with Crippen LogP contribution in [-0.4, -0.2) is 78.5 Å². The van der Waals surface area contributed by atoms with Crippen LogP contribution in [0.3, 0.4) is 0 Å². The predicted molar refractivity (Wildman–Crippen MR) is 82.8 cm³/mol. The largest absolute Gasteiger partial charge is 0.384 e. The van der Waals surface area contributed by atoms with Gasteiger partial charge in [-0.15, -0.1) is 0 Å². The highest BCUT2D eigenvalue weighted by atomic mass is 16.5. The van der Waals surface area contributed by atoms with Gasteiger partial charge in [-0.25, -0.2) is 0 Å². The van der Waals surface area contributed by atoms with Gasteiger partial charge in [0.1, 0.15) is 0 Å². The summed E-state index contributed by atoms with van der Waals surface area (Å²) in [5.74, 6) is 1.07. The summed E-state index contributed by atoms with van der Waals surface area (Å²) >= 11 is 0. The van der Waals surface area contributed by atoms with Crippen molar-refractivity contribution in [1.82, 2.24) is 19.9 Å². The fourth-order valence-electron chi connectivity index (χ4n) is 2.67. The molecule has 0 bridgehead atoms. The van der Waals surface area contributed by atoms with Gasteiger partial charge >= 0.3 is 0 Å². The van der Waals surface area contributed by atoms with Crippen LogP contribution in [0.5, 0.6) is 0 Å². The Hall–Kier alpha value is -1.51. The van der Waals surface area contributed by atoms with Gasteiger partial charge in [-0.2, -0.15) is 4.98 Å². The molecule has 1 fully saturated rings. The summed E-state index contributed by atoms with van der Waals surface area (Å²) in [4.78, 5) is 20.3. The van der Waals surface area contributed by atoms with Crippen LogP contribution < -0.4 is 0 Å². The molecule has 1 aromatic rings. The molecule has 23 heavy (non-hydrogen) atoms. The van der Waals surface area contributed by atoms with Crippen LogP contribution >= 0.6 is 0 Å². The first-order valence-electron chi connectivity index (χ1n) is 7.90. The molecule has 0 N–H and O–H groups in total. The van der Waals surface area contributed by atoms with Gasteiger partial charge in [0.15, 0.2) is 5.82 Å². The van der Waals surface area contributed by atoms with Crippen molar-refractivity contribution in [3.8, 4) is 0 Å². The molecule has 0 aliphatic carbocycles. The maximum atomic E-state index is 12.3. The average molecular weight is 326 g/mol. The molecule has 1 aliphatic heterocycles. The lowest BCUT2D eigenvalue weighted by Crippen LogP contribution is -2.49. The molecular weight excluding hydrogens is 300 g/mol. The van der Waals surface area contributed by atoms with Crippen molar-refractivity contribution >= 4 is 5.91 Å². The molecule has 2 atom stereocenters. The summed E-state index contributed by atoms with van der Waals surface area (Å²) in [5, 5.41) is 3.87. The molecule has 1 aliphatic rings. The summed E-state index contributed by atoms with van der Waals surface area (Å²) in [6.45, 7) is 6.82. The van der Waals surface area contributed by atoms with E-state index in [1.165, 1.54) is 0 Å². The Balaban J connectivity index is 1.81. The highest BCUT2D eigenvalue weighted by molar-refractivity contribution is 5.77. The number of nitrogens with zero attached hydrogens (tertiary/aromatic N) is 4. The van der Waals surface area contributed by atoms with Crippen molar-refractivity contribution in [2.45, 2.75) is 39.0 Å². The van der Waals surface area contributed by atoms with E-state index < -0.39 is 0 Å². The summed E-state index contributed by atoms with van der Waals surface area (Å²) in [5.41, 5.74) is 0. The smallest absolute Gasteiger partial charge is 0.246 e. The van der Waals surface area contributed by atoms with Crippen molar-refractivity contribution in [2.24, 2.45) is 0 Å². The van der Waals surface area contributed by atoms with Crippen molar-refractivity contribution < 1.29 is 18.8 Å². The molecule has 0 saturated carbocycles. The van der Waals surface area contributed by atoms with Gasteiger partial charge in [0, 0.05) is 33.7 Å². The number of aromatic nitrogens is 2. The van der Waals surface area contributed by atoms with Gasteiger partial charge in [-0.1, -0.05) is 5.16 Å². The second-order valence-electron chi connectivity index (χ2n) is 6.05. The van der Waals surface area contributed by atoms with Crippen LogP contribution in [0.1, 0.15) is 25.6 Å². The molecule has 0 spiro atoms. The van der Waals surface area contributed by atoms with Crippen LogP contribution in [-0.2, 0) is 27.2 Å². The Bertz CT molecular complexity index is 497. The van der Waals surface area contributed by atoms with Gasteiger partial charge in [0.05, 0.1) is 31.9 Å². The van der Waals surface area contributed by atoms with E-state index in [0.29, 0.717) is 37.8 Å². The maximum absolute atomic E-state index is 12.3. The number of carbonyl (C=O) groups excluding carboxylic acids is 1. The zero-order valence-electron chi connectivity index (χ0n) is 14.3. The maximum Gasteiger partial charge on any atom is 0.246 e. The molecule has 1 amide bonds. The first kappa shape index (κ1) is 17.8. The van der Waals surface area contributed by atoms with Crippen molar-refractivity contribution in [3.63, 3.8) is 0 Å². The molecule has 0 radical (unpaired) electrons. The lowest BCUT2D eigenvalue weighted by Gasteiger charge is -2.35. The van der Waals surface area contributed by atoms with E-state index in [9.17, 15) is 4.79 Å². The third kappa shape index (κ3) is 5.56. The van der Waals surface area contributed by atoms with E-state index in [0.717, 1.165) is 13.1 Å². The minimum absolute atomic E-state index is 0.0305. The zero-order valence-corrected chi connectivity index (χ0v) is 14.3. The van der Waals surface area contributed by atoms with Gasteiger partial charge in [-0.05, 0) is 13.8 Å². The molecule has 0 aromatic carbocycles. The Morgan fingerprint density at radius 2 is 2.09 bits per heavy atom. The summed E-state index contributed by atoms with van der Waals surface area (Å²) in [7, 11) is 3.37. The number of rotatable bonds is 7. The first-order valence-corrected chi connectivity index (χ1v) is 7.90. The fourth-order valence-corrected chi connectivity index (χ4v) is 2.67. The topological polar surface area (TPSA) is 80.9 Å². The van der Waals surface area contributed by atoms with Crippen LogP contribution in [0.2, 0.25) is 0 Å². The van der Waals surface area contributed by atoms with Crippen LogP contribution in [0, 0.1) is 0 Å². The Labute approximate surface area is 136 Å². The minimum atomic E-state index is 0.0305. The van der Waals surface area contributed by atoms with Crippen LogP contribution in [0.4, 0.5) is 0 Å². The van der Waals surface area contributed by atoms with E-state index in [1.54, 1.807) is 19.1 Å². The molecule has 130 valence electrons. The molecule has 2 heterocycles. The van der Waals surface area contributed by atoms with Gasteiger partial charge in [-0.3, -0.25) is 9.69 Å². The fraction of sp³-hybridized carbons (Fsp3) is 0.800. The Morgan fingerprint density at radius 1 is 1.39 bits per heavy atom. The predicted octanol–water partition coefficient (Wildman–Crippen LogP) is 0.326. The van der Waals surface area contributed by atoms with Gasteiger partial charge in [0.25, 0.3) is 0 Å². The lowest BCUT2D eigenvalue weighted by molar-refractivity contribution is -0.135. The third-order valence-electron chi connectivity index (χ3n) is 3.69. The van der Waals surface area contributed by atoms with E-state index in [2.05, 4.69) is 15.0 Å². The summed E-state index contributed by atoms with van der Waals surface area (Å²) in [6.07, 6.45) is 0.897. The minimum Gasteiger partial charge on any atom is -0.384 e. The average Bonchev–Trinajstić information content (AvgIpc) is 2.91. The molecular formula is C15H26N4O4. The molecule has 8 heteroatoms. The lowest BCUT2D eigenvalue weighted by atomic mass is 10.2. The van der Waals surface area contributed by atoms with E-state index >= 15 is 0 Å². The number of ether oxygens (including phenoxy) is 2. The summed E-state index contributed by atoms with van der Waals surface area (Å²) in [6, 6.07) is 0. The van der Waals surface area contributed by atoms with Crippen LogP contribution in [0.25, 0.3) is 0 Å². The molecule has 1 aromatic heterocycles. The number of methoxy groups -OCH3 is 1. The number of hydrogen-bond donors (Lipinski definition) is 0. The number of morpholine rings is 1. The number of amides is 1. The zero-order chi connectivity index (χ0) is 16.8. The van der Waals surface area contributed by atoms with Gasteiger partial charge in [0.2, 0.25) is 11.8 Å². The normalized spacial score (nSPS) is 22.3. The molecule has 8 nitrogen and oxygen atoms in total. The quantitative estimate of drug-likeness (QED) is 0.714. The van der Waals surface area contributed by atoms with E-state index in [-0.39, 0.29) is 18.1 Å². The number of hydrogen-bond acceptors (Lipinski definition) is 7. The monoisotopic (exact) mass is 326 g/mol. The third-order valence-corrected chi connectivity index (χ3v) is 3.69. The number of carbonyl (C=O) groups is 1. The van der Waals surface area contributed by atoms with Crippen LogP contribution in [0.15, 0.2) is 4.52 Å². The Kier molecular flexibility index (Phi) is 6.49. The molecule has 2 rings (SSSR count). The highest BCUT2D eigenvalue weighted by Crippen LogP contribution is 2.11. The Morgan fingerprint density at radius 3 is 2.74 bits per heavy atom. The second-order valence-corrected chi connectivity index (χ2v) is 6.05.